The van der Waals surface area contributed by atoms with Crippen LogP contribution in [0.4, 0.5) is 0 Å². The highest BCUT2D eigenvalue weighted by molar-refractivity contribution is 5.96. The summed E-state index contributed by atoms with van der Waals surface area (Å²) in [7, 11) is 0. The Hall–Kier alpha value is -1.88. The topological polar surface area (TPSA) is 69.6 Å². The highest BCUT2D eigenvalue weighted by Gasteiger charge is 2.30. The number of aryl methyl sites for hydroxylation is 1. The summed E-state index contributed by atoms with van der Waals surface area (Å²) in [6.45, 7) is 4.57. The van der Waals surface area contributed by atoms with Gasteiger partial charge in [-0.2, -0.15) is 0 Å². The maximum atomic E-state index is 12.1. The summed E-state index contributed by atoms with van der Waals surface area (Å²) in [5, 5.41) is 12.6. The maximum Gasteiger partial charge on any atom is 0.251 e. The minimum absolute atomic E-state index is 0.0388. The quantitative estimate of drug-likeness (QED) is 0.876. The monoisotopic (exact) mass is 290 g/mol. The molecule has 0 saturated carbocycles. The van der Waals surface area contributed by atoms with Crippen molar-refractivity contribution in [2.24, 2.45) is 0 Å². The number of nitrogens with zero attached hydrogens (tertiary/aromatic N) is 1. The molecule has 1 fully saturated rings. The second-order valence-electron chi connectivity index (χ2n) is 5.97. The zero-order chi connectivity index (χ0) is 15.5. The largest absolute Gasteiger partial charge is 0.388 e. The second-order valence-corrected chi connectivity index (χ2v) is 5.97. The van der Waals surface area contributed by atoms with Crippen LogP contribution in [-0.4, -0.2) is 47.1 Å². The average Bonchev–Trinajstić information content (AvgIpc) is 2.43. The number of aliphatic hydroxyl groups is 1. The number of hydrogen-bond donors (Lipinski definition) is 2. The van der Waals surface area contributed by atoms with Crippen molar-refractivity contribution >= 4 is 11.8 Å². The van der Waals surface area contributed by atoms with Gasteiger partial charge in [0.2, 0.25) is 5.91 Å². The Morgan fingerprint density at radius 3 is 2.86 bits per heavy atom. The predicted molar refractivity (Wildman–Crippen MR) is 80.0 cm³/mol. The molecule has 1 aliphatic rings. The molecule has 1 saturated heterocycles. The van der Waals surface area contributed by atoms with Crippen LogP contribution in [0.25, 0.3) is 0 Å². The molecule has 1 heterocycles. The van der Waals surface area contributed by atoms with Crippen molar-refractivity contribution in [3.8, 4) is 0 Å². The van der Waals surface area contributed by atoms with Crippen LogP contribution in [0, 0.1) is 6.92 Å². The summed E-state index contributed by atoms with van der Waals surface area (Å²) in [4.78, 5) is 25.7. The fourth-order valence-corrected chi connectivity index (χ4v) is 2.59. The number of nitrogens with one attached hydrogen (secondary N) is 1. The van der Waals surface area contributed by atoms with Crippen molar-refractivity contribution in [1.82, 2.24) is 10.2 Å². The van der Waals surface area contributed by atoms with Gasteiger partial charge in [0.15, 0.2) is 0 Å². The first-order valence-corrected chi connectivity index (χ1v) is 7.22. The summed E-state index contributed by atoms with van der Waals surface area (Å²) in [5.41, 5.74) is 0.726. The molecule has 0 aromatic heterocycles. The Labute approximate surface area is 125 Å². The third-order valence-corrected chi connectivity index (χ3v) is 3.71. The second kappa shape index (κ2) is 6.26. The lowest BCUT2D eigenvalue weighted by Gasteiger charge is -2.36. The number of benzene rings is 1. The molecule has 2 rings (SSSR count). The molecule has 1 unspecified atom stereocenters. The van der Waals surface area contributed by atoms with Gasteiger partial charge >= 0.3 is 0 Å². The molecule has 1 aliphatic heterocycles. The van der Waals surface area contributed by atoms with Gasteiger partial charge in [-0.1, -0.05) is 17.7 Å². The number of rotatable bonds is 3. The fourth-order valence-electron chi connectivity index (χ4n) is 2.59. The Bertz CT molecular complexity index is 540. The van der Waals surface area contributed by atoms with Crippen molar-refractivity contribution in [2.75, 3.05) is 19.6 Å². The van der Waals surface area contributed by atoms with Gasteiger partial charge in [-0.25, -0.2) is 0 Å². The number of carbonyl (C=O) groups is 2. The Morgan fingerprint density at radius 2 is 2.19 bits per heavy atom. The van der Waals surface area contributed by atoms with Crippen LogP contribution in [0.3, 0.4) is 0 Å². The third kappa shape index (κ3) is 4.29. The predicted octanol–water partition coefficient (Wildman–Crippen LogP) is 1.10. The van der Waals surface area contributed by atoms with Gasteiger partial charge in [-0.3, -0.25) is 9.59 Å². The standard InChI is InChI=1S/C16H22N2O3/c1-12-5-3-6-13(9-12)15(20)17-10-14(19)18-8-4-7-16(2,21)11-18/h3,5-6,9,21H,4,7-8,10-11H2,1-2H3,(H,17,20). The number of β-amino-alcohol motifs (C(OH)–C–C–N with tert-alkyl or cyclic N) is 1. The third-order valence-electron chi connectivity index (χ3n) is 3.71. The molecule has 5 nitrogen and oxygen atoms in total. The fraction of sp³-hybridized carbons (Fsp3) is 0.500. The highest BCUT2D eigenvalue weighted by Crippen LogP contribution is 2.20. The van der Waals surface area contributed by atoms with E-state index in [0.29, 0.717) is 25.1 Å². The molecule has 0 aliphatic carbocycles. The Morgan fingerprint density at radius 1 is 1.43 bits per heavy atom. The van der Waals surface area contributed by atoms with E-state index in [9.17, 15) is 14.7 Å². The van der Waals surface area contributed by atoms with Gasteiger partial charge < -0.3 is 15.3 Å². The van der Waals surface area contributed by atoms with E-state index in [0.717, 1.165) is 12.0 Å². The van der Waals surface area contributed by atoms with Gasteiger partial charge in [0.05, 0.1) is 12.1 Å². The van der Waals surface area contributed by atoms with E-state index < -0.39 is 5.60 Å². The first kappa shape index (κ1) is 15.5. The summed E-state index contributed by atoms with van der Waals surface area (Å²) < 4.78 is 0. The first-order valence-electron chi connectivity index (χ1n) is 7.22. The lowest BCUT2D eigenvalue weighted by atomic mass is 9.95. The minimum atomic E-state index is -0.825. The van der Waals surface area contributed by atoms with E-state index in [1.165, 1.54) is 0 Å². The lowest BCUT2D eigenvalue weighted by Crippen LogP contribution is -2.51. The van der Waals surface area contributed by atoms with E-state index in [1.54, 1.807) is 24.0 Å². The smallest absolute Gasteiger partial charge is 0.251 e. The number of hydrogen-bond acceptors (Lipinski definition) is 3. The molecule has 0 spiro atoms. The van der Waals surface area contributed by atoms with Crippen molar-refractivity contribution in [2.45, 2.75) is 32.3 Å². The molecule has 1 aromatic carbocycles. The number of carbonyl (C=O) groups excluding carboxylic acids is 2. The molecule has 1 aromatic rings. The molecule has 0 radical (unpaired) electrons. The van der Waals surface area contributed by atoms with E-state index in [1.807, 2.05) is 19.1 Å². The Balaban J connectivity index is 1.88. The van der Waals surface area contributed by atoms with E-state index in [-0.39, 0.29) is 18.4 Å². The van der Waals surface area contributed by atoms with Gasteiger partial charge in [0, 0.05) is 18.7 Å². The summed E-state index contributed by atoms with van der Waals surface area (Å²) in [5.74, 6) is -0.410. The van der Waals surface area contributed by atoms with Crippen LogP contribution >= 0.6 is 0 Å². The molecule has 5 heteroatoms. The minimum Gasteiger partial charge on any atom is -0.388 e. The molecule has 21 heavy (non-hydrogen) atoms. The van der Waals surface area contributed by atoms with Crippen LogP contribution in [-0.2, 0) is 4.79 Å². The SMILES string of the molecule is Cc1cccc(C(=O)NCC(=O)N2CCCC(C)(O)C2)c1. The van der Waals surface area contributed by atoms with Crippen LogP contribution in [0.1, 0.15) is 35.7 Å². The van der Waals surface area contributed by atoms with Crippen LogP contribution in [0.2, 0.25) is 0 Å². The first-order chi connectivity index (χ1) is 9.87. The van der Waals surface area contributed by atoms with Crippen molar-refractivity contribution < 1.29 is 14.7 Å². The van der Waals surface area contributed by atoms with Gasteiger partial charge in [0.1, 0.15) is 0 Å². The zero-order valence-electron chi connectivity index (χ0n) is 12.6. The molecule has 114 valence electrons. The van der Waals surface area contributed by atoms with Gasteiger partial charge in [0.25, 0.3) is 5.91 Å². The molecular weight excluding hydrogens is 268 g/mol. The molecule has 2 N–H and O–H groups in total. The van der Waals surface area contributed by atoms with Crippen molar-refractivity contribution in [3.63, 3.8) is 0 Å². The van der Waals surface area contributed by atoms with Crippen molar-refractivity contribution in [1.29, 1.82) is 0 Å². The summed E-state index contributed by atoms with van der Waals surface area (Å²) >= 11 is 0. The van der Waals surface area contributed by atoms with Crippen LogP contribution in [0.5, 0.6) is 0 Å². The average molecular weight is 290 g/mol. The summed E-state index contributed by atoms with van der Waals surface area (Å²) in [6, 6.07) is 7.23. The number of likely N-dealkylation sites (tertiary alicyclic amines) is 1. The number of piperidine rings is 1. The summed E-state index contributed by atoms with van der Waals surface area (Å²) in [6.07, 6.45) is 1.48. The number of amides is 2. The molecular formula is C16H22N2O3. The van der Waals surface area contributed by atoms with Gasteiger partial charge in [-0.05, 0) is 38.8 Å². The van der Waals surface area contributed by atoms with E-state index >= 15 is 0 Å². The highest BCUT2D eigenvalue weighted by atomic mass is 16.3. The van der Waals surface area contributed by atoms with Crippen LogP contribution < -0.4 is 5.32 Å². The maximum absolute atomic E-state index is 12.1. The molecule has 2 amide bonds. The molecule has 1 atom stereocenters. The zero-order valence-corrected chi connectivity index (χ0v) is 12.6. The molecule has 0 bridgehead atoms. The Kier molecular flexibility index (Phi) is 4.63. The van der Waals surface area contributed by atoms with Crippen molar-refractivity contribution in [3.05, 3.63) is 35.4 Å². The van der Waals surface area contributed by atoms with E-state index in [2.05, 4.69) is 5.32 Å². The normalized spacial score (nSPS) is 22.0. The lowest BCUT2D eigenvalue weighted by molar-refractivity contribution is -0.136. The van der Waals surface area contributed by atoms with E-state index in [4.69, 9.17) is 0 Å². The van der Waals surface area contributed by atoms with Gasteiger partial charge in [-0.15, -0.1) is 0 Å². The van der Waals surface area contributed by atoms with Crippen LogP contribution in [0.15, 0.2) is 24.3 Å².